The quantitative estimate of drug-likeness (QED) is 0.613. The first-order valence-electron chi connectivity index (χ1n) is 7.88. The Kier molecular flexibility index (Phi) is 5.00. The Labute approximate surface area is 140 Å². The van der Waals surface area contributed by atoms with Gasteiger partial charge in [-0.2, -0.15) is 0 Å². The summed E-state index contributed by atoms with van der Waals surface area (Å²) in [6.07, 6.45) is 6.08. The van der Waals surface area contributed by atoms with Crippen LogP contribution in [0.5, 0.6) is 11.5 Å². The molecule has 1 saturated carbocycles. The van der Waals surface area contributed by atoms with Gasteiger partial charge in [-0.25, -0.2) is 0 Å². The van der Waals surface area contributed by atoms with Gasteiger partial charge in [0.2, 0.25) is 0 Å². The van der Waals surface area contributed by atoms with E-state index in [1.165, 1.54) is 25.7 Å². The zero-order valence-electron chi connectivity index (χ0n) is 12.4. The average Bonchev–Trinajstić information content (AvgIpc) is 2.71. The van der Waals surface area contributed by atoms with Crippen LogP contribution in [-0.2, 0) is 0 Å². The van der Waals surface area contributed by atoms with Crippen molar-refractivity contribution in [1.82, 2.24) is 0 Å². The molecule has 1 aromatic carbocycles. The van der Waals surface area contributed by atoms with E-state index in [2.05, 4.69) is 28.9 Å². The molecule has 0 spiro atoms. The van der Waals surface area contributed by atoms with Gasteiger partial charge in [-0.15, -0.1) is 0 Å². The number of rotatable bonds is 2. The first-order valence-corrected chi connectivity index (χ1v) is 9.17. The van der Waals surface area contributed by atoms with Crippen LogP contribution in [0.3, 0.4) is 0 Å². The molecule has 1 aromatic rings. The maximum atomic E-state index is 6.49. The van der Waals surface area contributed by atoms with E-state index in [4.69, 9.17) is 21.1 Å². The molecular weight excluding hydrogens is 352 g/mol. The summed E-state index contributed by atoms with van der Waals surface area (Å²) in [5.41, 5.74) is 1.14. The van der Waals surface area contributed by atoms with Crippen LogP contribution < -0.4 is 9.47 Å². The fraction of sp³-hybridized carbons (Fsp3) is 0.647. The lowest BCUT2D eigenvalue weighted by molar-refractivity contribution is 0.287. The molecule has 1 fully saturated rings. The van der Waals surface area contributed by atoms with E-state index in [-0.39, 0.29) is 0 Å². The minimum Gasteiger partial charge on any atom is -0.490 e. The van der Waals surface area contributed by atoms with Gasteiger partial charge in [-0.3, -0.25) is 0 Å². The second-order valence-corrected chi connectivity index (χ2v) is 7.69. The van der Waals surface area contributed by atoms with Crippen molar-refractivity contribution < 1.29 is 9.47 Å². The molecule has 0 amide bonds. The van der Waals surface area contributed by atoms with Gasteiger partial charge < -0.3 is 9.47 Å². The SMILES string of the molecule is CC1CCC(C(Br)c2cc3c(cc2Cl)OCCCO3)CC1. The van der Waals surface area contributed by atoms with Crippen molar-refractivity contribution in [3.8, 4) is 11.5 Å². The first-order chi connectivity index (χ1) is 10.1. The highest BCUT2D eigenvalue weighted by atomic mass is 79.9. The third kappa shape index (κ3) is 3.50. The van der Waals surface area contributed by atoms with E-state index in [0.29, 0.717) is 24.0 Å². The highest BCUT2D eigenvalue weighted by molar-refractivity contribution is 9.09. The van der Waals surface area contributed by atoms with Gasteiger partial charge in [0, 0.05) is 22.3 Å². The molecular formula is C17H22BrClO2. The molecule has 21 heavy (non-hydrogen) atoms. The van der Waals surface area contributed by atoms with Crippen LogP contribution in [0, 0.1) is 11.8 Å². The van der Waals surface area contributed by atoms with Gasteiger partial charge in [0.1, 0.15) is 0 Å². The van der Waals surface area contributed by atoms with Gasteiger partial charge in [-0.05, 0) is 36.3 Å². The van der Waals surface area contributed by atoms with E-state index >= 15 is 0 Å². The number of hydrogen-bond donors (Lipinski definition) is 0. The minimum atomic E-state index is 0.301. The van der Waals surface area contributed by atoms with Crippen molar-refractivity contribution >= 4 is 27.5 Å². The van der Waals surface area contributed by atoms with E-state index in [9.17, 15) is 0 Å². The van der Waals surface area contributed by atoms with Gasteiger partial charge in [-0.1, -0.05) is 47.3 Å². The average molecular weight is 374 g/mol. The lowest BCUT2D eigenvalue weighted by Crippen LogP contribution is -2.16. The van der Waals surface area contributed by atoms with Crippen LogP contribution in [0.2, 0.25) is 5.02 Å². The first kappa shape index (κ1) is 15.5. The van der Waals surface area contributed by atoms with Crippen LogP contribution in [0.4, 0.5) is 0 Å². The van der Waals surface area contributed by atoms with Crippen molar-refractivity contribution in [2.24, 2.45) is 11.8 Å². The summed E-state index contributed by atoms with van der Waals surface area (Å²) in [7, 11) is 0. The standard InChI is InChI=1S/C17H22BrClO2/c1-11-3-5-12(6-4-11)17(18)13-9-15-16(10-14(13)19)21-8-2-7-20-15/h9-12,17H,2-8H2,1H3. The molecule has 1 aliphatic carbocycles. The number of alkyl halides is 1. The van der Waals surface area contributed by atoms with Gasteiger partial charge in [0.15, 0.2) is 11.5 Å². The number of halogens is 2. The predicted octanol–water partition coefficient (Wildman–Crippen LogP) is 5.76. The molecule has 0 aromatic heterocycles. The van der Waals surface area contributed by atoms with Gasteiger partial charge in [0.05, 0.1) is 13.2 Å². The molecule has 4 heteroatoms. The summed E-state index contributed by atoms with van der Waals surface area (Å²) in [5.74, 6) is 3.13. The zero-order chi connectivity index (χ0) is 14.8. The van der Waals surface area contributed by atoms with Crippen LogP contribution in [-0.4, -0.2) is 13.2 Å². The van der Waals surface area contributed by atoms with Crippen molar-refractivity contribution in [3.05, 3.63) is 22.7 Å². The molecule has 3 rings (SSSR count). The monoisotopic (exact) mass is 372 g/mol. The fourth-order valence-corrected chi connectivity index (χ4v) is 4.55. The third-order valence-electron chi connectivity index (χ3n) is 4.64. The molecule has 0 N–H and O–H groups in total. The number of hydrogen-bond acceptors (Lipinski definition) is 2. The molecule has 1 atom stereocenters. The van der Waals surface area contributed by atoms with E-state index in [0.717, 1.165) is 34.4 Å². The van der Waals surface area contributed by atoms with Crippen molar-refractivity contribution in [3.63, 3.8) is 0 Å². The smallest absolute Gasteiger partial charge is 0.162 e. The van der Waals surface area contributed by atoms with Crippen LogP contribution in [0.1, 0.15) is 49.4 Å². The maximum absolute atomic E-state index is 6.49. The summed E-state index contributed by atoms with van der Waals surface area (Å²) in [6, 6.07) is 3.98. The maximum Gasteiger partial charge on any atom is 0.162 e. The second kappa shape index (κ2) is 6.78. The Bertz CT molecular complexity index is 498. The highest BCUT2D eigenvalue weighted by Gasteiger charge is 2.28. The van der Waals surface area contributed by atoms with Crippen molar-refractivity contribution in [2.45, 2.75) is 43.9 Å². The van der Waals surface area contributed by atoms with E-state index in [1.807, 2.05) is 6.07 Å². The van der Waals surface area contributed by atoms with Crippen LogP contribution in [0.15, 0.2) is 12.1 Å². The van der Waals surface area contributed by atoms with E-state index < -0.39 is 0 Å². The largest absolute Gasteiger partial charge is 0.490 e. The molecule has 0 radical (unpaired) electrons. The van der Waals surface area contributed by atoms with Gasteiger partial charge >= 0.3 is 0 Å². The summed E-state index contributed by atoms with van der Waals surface area (Å²) < 4.78 is 11.5. The second-order valence-electron chi connectivity index (χ2n) is 6.29. The number of fused-ring (bicyclic) bond motifs is 1. The molecule has 1 aliphatic heterocycles. The number of ether oxygens (including phenoxy) is 2. The summed E-state index contributed by atoms with van der Waals surface area (Å²) in [5, 5.41) is 0.778. The molecule has 2 aliphatic rings. The predicted molar refractivity (Wildman–Crippen MR) is 89.8 cm³/mol. The normalized spacial score (nSPS) is 27.0. The fourth-order valence-electron chi connectivity index (χ4n) is 3.24. The Morgan fingerprint density at radius 3 is 2.38 bits per heavy atom. The third-order valence-corrected chi connectivity index (χ3v) is 6.21. The lowest BCUT2D eigenvalue weighted by atomic mass is 9.80. The molecule has 116 valence electrons. The molecule has 1 unspecified atom stereocenters. The summed E-state index contributed by atoms with van der Waals surface area (Å²) >= 11 is 10.4. The minimum absolute atomic E-state index is 0.301. The molecule has 1 heterocycles. The Balaban J connectivity index is 1.82. The topological polar surface area (TPSA) is 18.5 Å². The summed E-state index contributed by atoms with van der Waals surface area (Å²) in [4.78, 5) is 0.301. The van der Waals surface area contributed by atoms with Crippen molar-refractivity contribution in [2.75, 3.05) is 13.2 Å². The summed E-state index contributed by atoms with van der Waals surface area (Å²) in [6.45, 7) is 3.75. The molecule has 0 bridgehead atoms. The zero-order valence-corrected chi connectivity index (χ0v) is 14.8. The lowest BCUT2D eigenvalue weighted by Gasteiger charge is -2.30. The Hall–Kier alpha value is -0.410. The number of benzene rings is 1. The molecule has 2 nitrogen and oxygen atoms in total. The molecule has 0 saturated heterocycles. The van der Waals surface area contributed by atoms with Crippen molar-refractivity contribution in [1.29, 1.82) is 0 Å². The van der Waals surface area contributed by atoms with Gasteiger partial charge in [0.25, 0.3) is 0 Å². The van der Waals surface area contributed by atoms with Crippen LogP contribution in [0.25, 0.3) is 0 Å². The Morgan fingerprint density at radius 1 is 1.10 bits per heavy atom. The van der Waals surface area contributed by atoms with Crippen LogP contribution >= 0.6 is 27.5 Å². The highest BCUT2D eigenvalue weighted by Crippen LogP contribution is 2.46. The Morgan fingerprint density at radius 2 is 1.71 bits per heavy atom. The van der Waals surface area contributed by atoms with E-state index in [1.54, 1.807) is 0 Å².